The molecule has 11 rings (SSSR count). The third kappa shape index (κ3) is 5.51. The van der Waals surface area contributed by atoms with Crippen LogP contribution in [0.2, 0.25) is 0 Å². The van der Waals surface area contributed by atoms with E-state index < -0.39 is 0 Å². The van der Waals surface area contributed by atoms with E-state index >= 15 is 0 Å². The Labute approximate surface area is 330 Å². The van der Waals surface area contributed by atoms with Crippen molar-refractivity contribution >= 4 is 60.8 Å². The first-order valence-electron chi connectivity index (χ1n) is 19.4. The van der Waals surface area contributed by atoms with E-state index in [-0.39, 0.29) is 0 Å². The zero-order valence-corrected chi connectivity index (χ0v) is 31.1. The zero-order valence-electron chi connectivity index (χ0n) is 31.1. The van der Waals surface area contributed by atoms with Gasteiger partial charge in [0, 0.05) is 49.7 Å². The summed E-state index contributed by atoms with van der Waals surface area (Å²) in [7, 11) is 0. The number of para-hydroxylation sites is 4. The van der Waals surface area contributed by atoms with E-state index in [9.17, 15) is 0 Å². The number of fused-ring (bicyclic) bond motifs is 6. The Morgan fingerprint density at radius 3 is 1.53 bits per heavy atom. The van der Waals surface area contributed by atoms with E-state index in [0.717, 1.165) is 66.8 Å². The molecule has 9 aromatic carbocycles. The topological polar surface area (TPSA) is 21.3 Å². The molecule has 0 amide bonds. The minimum absolute atomic E-state index is 0.880. The largest absolute Gasteiger partial charge is 0.455 e. The first-order valence-corrected chi connectivity index (χ1v) is 19.4. The van der Waals surface area contributed by atoms with Gasteiger partial charge in [-0.05, 0) is 76.9 Å². The maximum Gasteiger partial charge on any atom is 0.143 e. The molecule has 11 aromatic rings. The van der Waals surface area contributed by atoms with Crippen LogP contribution in [0.5, 0.6) is 0 Å². The van der Waals surface area contributed by atoms with Crippen LogP contribution < -0.4 is 4.90 Å². The van der Waals surface area contributed by atoms with E-state index in [1.165, 1.54) is 33.0 Å². The lowest BCUT2D eigenvalue weighted by atomic mass is 9.95. The average molecular weight is 729 g/mol. The van der Waals surface area contributed by atoms with Gasteiger partial charge in [-0.25, -0.2) is 0 Å². The highest BCUT2D eigenvalue weighted by Crippen LogP contribution is 2.50. The van der Waals surface area contributed by atoms with Crippen molar-refractivity contribution in [2.75, 3.05) is 4.90 Å². The van der Waals surface area contributed by atoms with Gasteiger partial charge in [0.1, 0.15) is 11.2 Å². The fourth-order valence-electron chi connectivity index (χ4n) is 8.58. The summed E-state index contributed by atoms with van der Waals surface area (Å²) >= 11 is 0. The third-order valence-corrected chi connectivity index (χ3v) is 11.2. The summed E-state index contributed by atoms with van der Waals surface area (Å²) in [5.41, 5.74) is 15.2. The molecule has 0 fully saturated rings. The number of anilines is 3. The van der Waals surface area contributed by atoms with Gasteiger partial charge in [-0.2, -0.15) is 0 Å². The summed E-state index contributed by atoms with van der Waals surface area (Å²) in [6.07, 6.45) is 0. The van der Waals surface area contributed by atoms with E-state index in [1.807, 2.05) is 6.07 Å². The number of nitrogens with zero attached hydrogens (tertiary/aromatic N) is 2. The Morgan fingerprint density at radius 2 is 0.877 bits per heavy atom. The van der Waals surface area contributed by atoms with Crippen LogP contribution in [0.25, 0.3) is 82.8 Å². The van der Waals surface area contributed by atoms with Gasteiger partial charge < -0.3 is 13.9 Å². The number of benzene rings is 9. The van der Waals surface area contributed by atoms with Crippen LogP contribution in [0, 0.1) is 0 Å². The predicted molar refractivity (Wildman–Crippen MR) is 239 cm³/mol. The molecule has 2 aromatic heterocycles. The second-order valence-electron chi connectivity index (χ2n) is 14.5. The molecule has 0 radical (unpaired) electrons. The van der Waals surface area contributed by atoms with Crippen LogP contribution in [0.15, 0.2) is 223 Å². The summed E-state index contributed by atoms with van der Waals surface area (Å²) in [6.45, 7) is 0. The number of aromatic nitrogens is 1. The fourth-order valence-corrected chi connectivity index (χ4v) is 8.58. The van der Waals surface area contributed by atoms with Crippen LogP contribution in [0.4, 0.5) is 17.1 Å². The normalized spacial score (nSPS) is 11.5. The quantitative estimate of drug-likeness (QED) is 0.163. The lowest BCUT2D eigenvalue weighted by molar-refractivity contribution is 0.670. The van der Waals surface area contributed by atoms with Gasteiger partial charge in [-0.15, -0.1) is 0 Å². The van der Waals surface area contributed by atoms with Crippen molar-refractivity contribution in [1.29, 1.82) is 0 Å². The molecule has 0 aliphatic rings. The molecule has 0 unspecified atom stereocenters. The van der Waals surface area contributed by atoms with Gasteiger partial charge in [0.2, 0.25) is 0 Å². The second kappa shape index (κ2) is 13.6. The van der Waals surface area contributed by atoms with Crippen molar-refractivity contribution in [3.63, 3.8) is 0 Å². The minimum Gasteiger partial charge on any atom is -0.455 e. The molecule has 0 spiro atoms. The van der Waals surface area contributed by atoms with Crippen molar-refractivity contribution < 1.29 is 4.42 Å². The standard InChI is InChI=1S/C54H36N2O/c1-4-15-37(16-5-1)39-27-31-42(32-28-39)55(43-33-29-40(30-34-43)38-17-6-2-7-18-38)53-45(47-24-14-23-46-44-21-11-13-26-51(44)57-54(46)47)35-36-50-52(53)48-22-10-12-25-49(48)56(50)41-19-8-3-9-20-41/h1-36H. The molecule has 2 heterocycles. The highest BCUT2D eigenvalue weighted by Gasteiger charge is 2.26. The van der Waals surface area contributed by atoms with Crippen molar-refractivity contribution in [2.24, 2.45) is 0 Å². The highest BCUT2D eigenvalue weighted by molar-refractivity contribution is 6.21. The molecule has 0 bridgehead atoms. The van der Waals surface area contributed by atoms with Gasteiger partial charge in [0.15, 0.2) is 0 Å². The molecular formula is C54H36N2O. The van der Waals surface area contributed by atoms with Crippen molar-refractivity contribution in [1.82, 2.24) is 4.57 Å². The number of hydrogen-bond donors (Lipinski definition) is 0. The second-order valence-corrected chi connectivity index (χ2v) is 14.5. The summed E-state index contributed by atoms with van der Waals surface area (Å²) in [4.78, 5) is 2.45. The molecule has 0 saturated carbocycles. The summed E-state index contributed by atoms with van der Waals surface area (Å²) in [5.74, 6) is 0. The molecular weight excluding hydrogens is 693 g/mol. The highest BCUT2D eigenvalue weighted by atomic mass is 16.3. The number of furan rings is 1. The van der Waals surface area contributed by atoms with Gasteiger partial charge >= 0.3 is 0 Å². The number of hydrogen-bond acceptors (Lipinski definition) is 2. The SMILES string of the molecule is c1ccc(-c2ccc(N(c3ccc(-c4ccccc4)cc3)c3c(-c4cccc5c4oc4ccccc45)ccc4c3c3ccccc3n4-c3ccccc3)cc2)cc1. The third-order valence-electron chi connectivity index (χ3n) is 11.2. The Balaban J connectivity index is 1.25. The van der Waals surface area contributed by atoms with Crippen LogP contribution in [-0.2, 0) is 0 Å². The molecule has 0 saturated heterocycles. The van der Waals surface area contributed by atoms with E-state index in [0.29, 0.717) is 0 Å². The fraction of sp³-hybridized carbons (Fsp3) is 0. The van der Waals surface area contributed by atoms with Crippen molar-refractivity contribution in [2.45, 2.75) is 0 Å². The maximum atomic E-state index is 6.76. The van der Waals surface area contributed by atoms with Crippen LogP contribution in [-0.4, -0.2) is 4.57 Å². The Morgan fingerprint density at radius 1 is 0.351 bits per heavy atom. The van der Waals surface area contributed by atoms with Gasteiger partial charge in [-0.3, -0.25) is 0 Å². The lowest BCUT2D eigenvalue weighted by Gasteiger charge is -2.29. The molecule has 0 N–H and O–H groups in total. The first kappa shape index (κ1) is 32.8. The van der Waals surface area contributed by atoms with Crippen molar-refractivity contribution in [3.05, 3.63) is 218 Å². The van der Waals surface area contributed by atoms with Crippen LogP contribution in [0.1, 0.15) is 0 Å². The van der Waals surface area contributed by atoms with E-state index in [1.54, 1.807) is 0 Å². The summed E-state index contributed by atoms with van der Waals surface area (Å²) in [5, 5.41) is 4.56. The Bertz CT molecular complexity index is 3120. The minimum atomic E-state index is 0.880. The first-order chi connectivity index (χ1) is 28.3. The van der Waals surface area contributed by atoms with Crippen LogP contribution in [0.3, 0.4) is 0 Å². The Kier molecular flexibility index (Phi) is 7.82. The molecule has 0 aliphatic carbocycles. The number of rotatable bonds is 7. The van der Waals surface area contributed by atoms with Gasteiger partial charge in [0.05, 0.1) is 16.7 Å². The maximum absolute atomic E-state index is 6.76. The molecule has 268 valence electrons. The van der Waals surface area contributed by atoms with E-state index in [2.05, 4.69) is 222 Å². The molecule has 3 nitrogen and oxygen atoms in total. The monoisotopic (exact) mass is 728 g/mol. The Hall–Kier alpha value is -7.62. The molecule has 57 heavy (non-hydrogen) atoms. The summed E-state index contributed by atoms with van der Waals surface area (Å²) < 4.78 is 9.16. The van der Waals surface area contributed by atoms with Gasteiger partial charge in [0.25, 0.3) is 0 Å². The predicted octanol–water partition coefficient (Wildman–Crippen LogP) is 15.2. The lowest BCUT2D eigenvalue weighted by Crippen LogP contribution is -2.12. The van der Waals surface area contributed by atoms with Gasteiger partial charge in [-0.1, -0.05) is 164 Å². The molecule has 0 atom stereocenters. The average Bonchev–Trinajstić information content (AvgIpc) is 3.84. The van der Waals surface area contributed by atoms with E-state index in [4.69, 9.17) is 4.42 Å². The molecule has 0 aliphatic heterocycles. The van der Waals surface area contributed by atoms with Crippen molar-refractivity contribution in [3.8, 4) is 39.1 Å². The van der Waals surface area contributed by atoms with Crippen LogP contribution >= 0.6 is 0 Å². The summed E-state index contributed by atoms with van der Waals surface area (Å²) in [6, 6.07) is 78.1. The smallest absolute Gasteiger partial charge is 0.143 e. The molecule has 3 heteroatoms. The zero-order chi connectivity index (χ0) is 37.7.